The molecule has 1 aliphatic rings. The van der Waals surface area contributed by atoms with Gasteiger partial charge in [-0.05, 0) is 26.7 Å². The van der Waals surface area contributed by atoms with Gasteiger partial charge >= 0.3 is 5.97 Å². The van der Waals surface area contributed by atoms with Crippen LogP contribution in [0.25, 0.3) is 0 Å². The van der Waals surface area contributed by atoms with Crippen LogP contribution in [0, 0.1) is 0 Å². The van der Waals surface area contributed by atoms with Crippen LogP contribution in [0.15, 0.2) is 0 Å². The summed E-state index contributed by atoms with van der Waals surface area (Å²) in [5, 5.41) is 0. The Bertz CT molecular complexity index is 252. The summed E-state index contributed by atoms with van der Waals surface area (Å²) >= 11 is 0. The maximum absolute atomic E-state index is 11.7. The van der Waals surface area contributed by atoms with Crippen LogP contribution in [0.1, 0.15) is 26.7 Å². The van der Waals surface area contributed by atoms with E-state index in [0.29, 0.717) is 25.8 Å². The van der Waals surface area contributed by atoms with Crippen molar-refractivity contribution in [3.05, 3.63) is 0 Å². The van der Waals surface area contributed by atoms with Crippen molar-refractivity contribution in [2.45, 2.75) is 38.3 Å². The van der Waals surface area contributed by atoms with Crippen molar-refractivity contribution in [1.82, 2.24) is 4.90 Å². The van der Waals surface area contributed by atoms with Crippen molar-refractivity contribution in [1.29, 1.82) is 0 Å². The van der Waals surface area contributed by atoms with Crippen LogP contribution in [0.5, 0.6) is 0 Å². The molecule has 2 N–H and O–H groups in total. The maximum Gasteiger partial charge on any atom is 0.327 e. The highest BCUT2D eigenvalue weighted by atomic mass is 16.5. The summed E-state index contributed by atoms with van der Waals surface area (Å²) in [6.45, 7) is 5.89. The predicted octanol–water partition coefficient (Wildman–Crippen LogP) is 0.378. The number of carbonyl (C=O) groups excluding carboxylic acids is 1. The molecule has 0 amide bonds. The molecule has 0 aromatic rings. The lowest BCUT2D eigenvalue weighted by atomic mass is 10.0. The number of methoxy groups -OCH3 is 1. The molecule has 17 heavy (non-hydrogen) atoms. The van der Waals surface area contributed by atoms with E-state index in [-0.39, 0.29) is 5.97 Å². The normalized spacial score (nSPS) is 19.1. The number of nitrogens with zero attached hydrogens (tertiary/aromatic N) is 1. The van der Waals surface area contributed by atoms with Crippen LogP contribution in [0.2, 0.25) is 0 Å². The molecule has 100 valence electrons. The molecule has 1 fully saturated rings. The first-order chi connectivity index (χ1) is 8.01. The third-order valence-electron chi connectivity index (χ3n) is 2.92. The third-order valence-corrected chi connectivity index (χ3v) is 2.92. The van der Waals surface area contributed by atoms with Crippen LogP contribution in [-0.2, 0) is 14.3 Å². The first-order valence-electron chi connectivity index (χ1n) is 6.20. The molecule has 0 aromatic carbocycles. The Morgan fingerprint density at radius 3 is 2.65 bits per heavy atom. The maximum atomic E-state index is 11.7. The van der Waals surface area contributed by atoms with Crippen LogP contribution in [0.3, 0.4) is 0 Å². The molecular formula is C12H24N2O3. The quantitative estimate of drug-likeness (QED) is 0.625. The average molecular weight is 244 g/mol. The van der Waals surface area contributed by atoms with Crippen molar-refractivity contribution < 1.29 is 14.3 Å². The van der Waals surface area contributed by atoms with E-state index in [2.05, 4.69) is 4.90 Å². The van der Waals surface area contributed by atoms with Gasteiger partial charge in [0.1, 0.15) is 5.54 Å². The van der Waals surface area contributed by atoms with Gasteiger partial charge in [-0.1, -0.05) is 0 Å². The van der Waals surface area contributed by atoms with Gasteiger partial charge in [0.2, 0.25) is 0 Å². The molecule has 1 atom stereocenters. The summed E-state index contributed by atoms with van der Waals surface area (Å²) in [4.78, 5) is 13.9. The molecule has 0 radical (unpaired) electrons. The van der Waals surface area contributed by atoms with E-state index in [9.17, 15) is 4.79 Å². The monoisotopic (exact) mass is 244 g/mol. The smallest absolute Gasteiger partial charge is 0.327 e. The molecule has 0 aliphatic heterocycles. The SMILES string of the molecule is CCOC(=O)C(C)(N)CN(CCOC)C1CC1. The van der Waals surface area contributed by atoms with Crippen LogP contribution in [-0.4, -0.2) is 55.9 Å². The lowest BCUT2D eigenvalue weighted by molar-refractivity contribution is -0.149. The summed E-state index contributed by atoms with van der Waals surface area (Å²) < 4.78 is 10.1. The number of rotatable bonds is 8. The first-order valence-corrected chi connectivity index (χ1v) is 6.20. The lowest BCUT2D eigenvalue weighted by Crippen LogP contribution is -2.55. The first kappa shape index (κ1) is 14.4. The molecule has 0 heterocycles. The van der Waals surface area contributed by atoms with Gasteiger partial charge in [-0.3, -0.25) is 9.69 Å². The third kappa shape index (κ3) is 4.61. The fraction of sp³-hybridized carbons (Fsp3) is 0.917. The van der Waals surface area contributed by atoms with Crippen LogP contribution < -0.4 is 5.73 Å². The summed E-state index contributed by atoms with van der Waals surface area (Å²) in [6, 6.07) is 0.558. The van der Waals surface area contributed by atoms with E-state index in [0.717, 1.165) is 6.54 Å². The van der Waals surface area contributed by atoms with E-state index in [1.165, 1.54) is 12.8 Å². The van der Waals surface area contributed by atoms with Crippen molar-refractivity contribution in [2.24, 2.45) is 5.73 Å². The van der Waals surface area contributed by atoms with Gasteiger partial charge in [0.05, 0.1) is 13.2 Å². The van der Waals surface area contributed by atoms with E-state index < -0.39 is 5.54 Å². The summed E-state index contributed by atoms with van der Waals surface area (Å²) in [5.74, 6) is -0.330. The summed E-state index contributed by atoms with van der Waals surface area (Å²) in [5.41, 5.74) is 5.09. The summed E-state index contributed by atoms with van der Waals surface area (Å²) in [6.07, 6.45) is 2.37. The van der Waals surface area contributed by atoms with Gasteiger partial charge in [0.15, 0.2) is 0 Å². The highest BCUT2D eigenvalue weighted by Gasteiger charge is 2.37. The predicted molar refractivity (Wildman–Crippen MR) is 65.7 cm³/mol. The minimum Gasteiger partial charge on any atom is -0.465 e. The van der Waals surface area contributed by atoms with Gasteiger partial charge in [-0.2, -0.15) is 0 Å². The Labute approximate surface area is 103 Å². The van der Waals surface area contributed by atoms with Crippen LogP contribution in [0.4, 0.5) is 0 Å². The van der Waals surface area contributed by atoms with Crippen molar-refractivity contribution in [3.8, 4) is 0 Å². The molecule has 5 nitrogen and oxygen atoms in total. The highest BCUT2D eigenvalue weighted by molar-refractivity contribution is 5.80. The molecule has 1 unspecified atom stereocenters. The Morgan fingerprint density at radius 1 is 1.53 bits per heavy atom. The Balaban J connectivity index is 2.49. The second-order valence-corrected chi connectivity index (χ2v) is 4.83. The standard InChI is InChI=1S/C12H24N2O3/c1-4-17-11(15)12(2,13)9-14(7-8-16-3)10-5-6-10/h10H,4-9,13H2,1-3H3. The molecule has 5 heteroatoms. The van der Waals surface area contributed by atoms with Crippen LogP contribution >= 0.6 is 0 Å². The highest BCUT2D eigenvalue weighted by Crippen LogP contribution is 2.27. The van der Waals surface area contributed by atoms with Gasteiger partial charge < -0.3 is 15.2 Å². The molecule has 0 spiro atoms. The largest absolute Gasteiger partial charge is 0.465 e. The lowest BCUT2D eigenvalue weighted by Gasteiger charge is -2.30. The second-order valence-electron chi connectivity index (χ2n) is 4.83. The van der Waals surface area contributed by atoms with Crippen molar-refractivity contribution in [2.75, 3.05) is 33.4 Å². The number of ether oxygens (including phenoxy) is 2. The van der Waals surface area contributed by atoms with E-state index in [1.54, 1.807) is 21.0 Å². The Morgan fingerprint density at radius 2 is 2.18 bits per heavy atom. The number of hydrogen-bond donors (Lipinski definition) is 1. The van der Waals surface area contributed by atoms with Gasteiger partial charge in [0.25, 0.3) is 0 Å². The second kappa shape index (κ2) is 6.33. The summed E-state index contributed by atoms with van der Waals surface area (Å²) in [7, 11) is 1.68. The molecule has 0 bridgehead atoms. The molecule has 0 aromatic heterocycles. The van der Waals surface area contributed by atoms with Gasteiger partial charge in [0, 0.05) is 26.2 Å². The number of carbonyl (C=O) groups is 1. The number of nitrogens with two attached hydrogens (primary N) is 1. The molecular weight excluding hydrogens is 220 g/mol. The minimum atomic E-state index is -0.938. The van der Waals surface area contributed by atoms with E-state index >= 15 is 0 Å². The van der Waals surface area contributed by atoms with E-state index in [4.69, 9.17) is 15.2 Å². The molecule has 1 aliphatic carbocycles. The van der Waals surface area contributed by atoms with Crippen molar-refractivity contribution in [3.63, 3.8) is 0 Å². The topological polar surface area (TPSA) is 64.8 Å². The molecule has 0 saturated heterocycles. The zero-order valence-corrected chi connectivity index (χ0v) is 11.1. The van der Waals surface area contributed by atoms with Gasteiger partial charge in [-0.25, -0.2) is 0 Å². The minimum absolute atomic E-state index is 0.330. The molecule has 1 rings (SSSR count). The van der Waals surface area contributed by atoms with E-state index in [1.807, 2.05) is 0 Å². The number of esters is 1. The Kier molecular flexibility index (Phi) is 5.36. The fourth-order valence-corrected chi connectivity index (χ4v) is 1.82. The zero-order valence-electron chi connectivity index (χ0n) is 11.1. The Hall–Kier alpha value is -0.650. The van der Waals surface area contributed by atoms with Gasteiger partial charge in [-0.15, -0.1) is 0 Å². The fourth-order valence-electron chi connectivity index (χ4n) is 1.82. The average Bonchev–Trinajstić information content (AvgIpc) is 3.08. The zero-order chi connectivity index (χ0) is 12.9. The van der Waals surface area contributed by atoms with Crippen molar-refractivity contribution >= 4 is 5.97 Å². The molecule has 1 saturated carbocycles. The number of hydrogen-bond acceptors (Lipinski definition) is 5.